The van der Waals surface area contributed by atoms with E-state index in [0.29, 0.717) is 0 Å². The highest BCUT2D eigenvalue weighted by atomic mass is 35.5. The lowest BCUT2D eigenvalue weighted by Gasteiger charge is -2.47. The highest BCUT2D eigenvalue weighted by Crippen LogP contribution is 2.38. The average molecular weight is 361 g/mol. The van der Waals surface area contributed by atoms with Crippen LogP contribution in [-0.2, 0) is 4.79 Å². The molecule has 0 aliphatic heterocycles. The minimum atomic E-state index is -0.535. The highest BCUT2D eigenvalue weighted by Gasteiger charge is 2.40. The number of nitrogens with zero attached hydrogens (tertiary/aromatic N) is 1. The van der Waals surface area contributed by atoms with Crippen molar-refractivity contribution in [2.45, 2.75) is 44.7 Å². The summed E-state index contributed by atoms with van der Waals surface area (Å²) in [5.74, 6) is -0.467. The molecule has 132 valence electrons. The zero-order valence-corrected chi connectivity index (χ0v) is 15.0. The first-order valence-corrected chi connectivity index (χ1v) is 8.99. The summed E-state index contributed by atoms with van der Waals surface area (Å²) in [7, 11) is 0. The van der Waals surface area contributed by atoms with Gasteiger partial charge in [-0.25, -0.2) is 4.39 Å². The molecule has 0 aromatic heterocycles. The molecular formula is C20H22ClFN2O. The summed E-state index contributed by atoms with van der Waals surface area (Å²) in [4.78, 5) is 14.4. The third kappa shape index (κ3) is 3.79. The van der Waals surface area contributed by atoms with Crippen LogP contribution in [0, 0.1) is 5.82 Å². The van der Waals surface area contributed by atoms with Crippen LogP contribution < -0.4 is 10.2 Å². The zero-order chi connectivity index (χ0) is 17.9. The van der Waals surface area contributed by atoms with Gasteiger partial charge in [0.25, 0.3) is 0 Å². The number of para-hydroxylation sites is 1. The third-order valence-corrected chi connectivity index (χ3v) is 5.02. The quantitative estimate of drug-likeness (QED) is 0.719. The van der Waals surface area contributed by atoms with Gasteiger partial charge in [-0.1, -0.05) is 36.2 Å². The third-order valence-electron chi connectivity index (χ3n) is 4.73. The molecular weight excluding hydrogens is 339 g/mol. The summed E-state index contributed by atoms with van der Waals surface area (Å²) in [6.45, 7) is 1.59. The van der Waals surface area contributed by atoms with Gasteiger partial charge in [0, 0.05) is 18.3 Å². The van der Waals surface area contributed by atoms with Crippen molar-refractivity contribution in [3.05, 3.63) is 59.4 Å². The molecule has 2 aromatic carbocycles. The lowest BCUT2D eigenvalue weighted by atomic mass is 9.86. The number of rotatable bonds is 4. The molecule has 3 rings (SSSR count). The largest absolute Gasteiger partial charge is 0.362 e. The van der Waals surface area contributed by atoms with E-state index >= 15 is 0 Å². The van der Waals surface area contributed by atoms with Crippen LogP contribution in [0.15, 0.2) is 48.5 Å². The summed E-state index contributed by atoms with van der Waals surface area (Å²) >= 11 is 5.94. The fraction of sp³-hybridized carbons (Fsp3) is 0.350. The summed E-state index contributed by atoms with van der Waals surface area (Å²) in [6, 6.07) is 14.3. The number of hydrogen-bond acceptors (Lipinski definition) is 2. The second kappa shape index (κ2) is 7.44. The fourth-order valence-corrected chi connectivity index (χ4v) is 3.87. The Balaban J connectivity index is 2.01. The first kappa shape index (κ1) is 17.7. The number of nitrogens with one attached hydrogen (secondary N) is 1. The van der Waals surface area contributed by atoms with Gasteiger partial charge in [0.15, 0.2) is 0 Å². The standard InChI is InChI=1S/C20H22ClFN2O/c1-15(25)24(17-8-4-2-5-9-17)20(12-6-3-7-13-20)23-16-10-11-19(22)18(21)14-16/h2,4-5,8-11,14,23H,3,6-7,12-13H2,1H3. The van der Waals surface area contributed by atoms with Crippen molar-refractivity contribution in [1.82, 2.24) is 0 Å². The van der Waals surface area contributed by atoms with Crippen LogP contribution in [0.25, 0.3) is 0 Å². The van der Waals surface area contributed by atoms with Gasteiger partial charge in [-0.3, -0.25) is 9.69 Å². The second-order valence-corrected chi connectivity index (χ2v) is 6.94. The van der Waals surface area contributed by atoms with Crippen molar-refractivity contribution >= 4 is 28.9 Å². The average Bonchev–Trinajstić information content (AvgIpc) is 2.60. The Kier molecular flexibility index (Phi) is 5.28. The van der Waals surface area contributed by atoms with Gasteiger partial charge < -0.3 is 5.32 Å². The van der Waals surface area contributed by atoms with E-state index in [1.165, 1.54) is 6.07 Å². The number of carbonyl (C=O) groups excluding carboxylic acids is 1. The SMILES string of the molecule is CC(=O)N(c1ccccc1)C1(Nc2ccc(F)c(Cl)c2)CCCCC1. The van der Waals surface area contributed by atoms with E-state index in [9.17, 15) is 9.18 Å². The van der Waals surface area contributed by atoms with E-state index in [-0.39, 0.29) is 10.9 Å². The van der Waals surface area contributed by atoms with E-state index in [1.807, 2.05) is 35.2 Å². The Morgan fingerprint density at radius 2 is 1.80 bits per heavy atom. The molecule has 5 heteroatoms. The Morgan fingerprint density at radius 1 is 1.12 bits per heavy atom. The molecule has 0 spiro atoms. The molecule has 0 unspecified atom stereocenters. The highest BCUT2D eigenvalue weighted by molar-refractivity contribution is 6.31. The van der Waals surface area contributed by atoms with Gasteiger partial charge in [0.1, 0.15) is 11.5 Å². The van der Waals surface area contributed by atoms with Crippen LogP contribution in [0.1, 0.15) is 39.0 Å². The molecule has 0 saturated heterocycles. The topological polar surface area (TPSA) is 32.3 Å². The van der Waals surface area contributed by atoms with Gasteiger partial charge >= 0.3 is 0 Å². The van der Waals surface area contributed by atoms with E-state index in [2.05, 4.69) is 5.32 Å². The molecule has 3 nitrogen and oxygen atoms in total. The van der Waals surface area contributed by atoms with Gasteiger partial charge in [0.05, 0.1) is 5.02 Å². The van der Waals surface area contributed by atoms with E-state index < -0.39 is 11.5 Å². The number of halogens is 2. The monoisotopic (exact) mass is 360 g/mol. The Morgan fingerprint density at radius 3 is 2.40 bits per heavy atom. The molecule has 25 heavy (non-hydrogen) atoms. The maximum atomic E-state index is 13.5. The van der Waals surface area contributed by atoms with Crippen molar-refractivity contribution in [3.8, 4) is 0 Å². The maximum absolute atomic E-state index is 13.5. The molecule has 1 N–H and O–H groups in total. The first-order chi connectivity index (χ1) is 12.0. The minimum Gasteiger partial charge on any atom is -0.362 e. The molecule has 0 atom stereocenters. The Bertz CT molecular complexity index is 745. The van der Waals surface area contributed by atoms with Crippen LogP contribution >= 0.6 is 11.6 Å². The van der Waals surface area contributed by atoms with E-state index in [0.717, 1.165) is 43.5 Å². The van der Waals surface area contributed by atoms with Crippen molar-refractivity contribution in [2.24, 2.45) is 0 Å². The molecule has 1 fully saturated rings. The lowest BCUT2D eigenvalue weighted by molar-refractivity contribution is -0.117. The predicted octanol–water partition coefficient (Wildman–Crippen LogP) is 5.60. The molecule has 2 aromatic rings. The van der Waals surface area contributed by atoms with Crippen LogP contribution in [0.2, 0.25) is 5.02 Å². The first-order valence-electron chi connectivity index (χ1n) is 8.61. The molecule has 0 radical (unpaired) electrons. The normalized spacial score (nSPS) is 16.3. The predicted molar refractivity (Wildman–Crippen MR) is 100 cm³/mol. The molecule has 1 saturated carbocycles. The lowest BCUT2D eigenvalue weighted by Crippen LogP contribution is -2.58. The molecule has 0 bridgehead atoms. The Hall–Kier alpha value is -2.07. The minimum absolute atomic E-state index is 0.0196. The number of amides is 1. The molecule has 1 aliphatic rings. The van der Waals surface area contributed by atoms with Crippen LogP contribution in [-0.4, -0.2) is 11.6 Å². The van der Waals surface area contributed by atoms with Crippen molar-refractivity contribution < 1.29 is 9.18 Å². The van der Waals surface area contributed by atoms with Crippen LogP contribution in [0.5, 0.6) is 0 Å². The molecule has 0 heterocycles. The van der Waals surface area contributed by atoms with E-state index in [4.69, 9.17) is 11.6 Å². The maximum Gasteiger partial charge on any atom is 0.225 e. The number of carbonyl (C=O) groups is 1. The second-order valence-electron chi connectivity index (χ2n) is 6.54. The fourth-order valence-electron chi connectivity index (χ4n) is 3.69. The summed E-state index contributed by atoms with van der Waals surface area (Å²) < 4.78 is 13.5. The molecule has 1 amide bonds. The van der Waals surface area contributed by atoms with Gasteiger partial charge in [-0.2, -0.15) is 0 Å². The van der Waals surface area contributed by atoms with E-state index in [1.54, 1.807) is 19.1 Å². The summed E-state index contributed by atoms with van der Waals surface area (Å²) in [5.41, 5.74) is 1.04. The van der Waals surface area contributed by atoms with Crippen molar-refractivity contribution in [2.75, 3.05) is 10.2 Å². The van der Waals surface area contributed by atoms with Crippen molar-refractivity contribution in [3.63, 3.8) is 0 Å². The number of hydrogen-bond donors (Lipinski definition) is 1. The van der Waals surface area contributed by atoms with Crippen LogP contribution in [0.4, 0.5) is 15.8 Å². The smallest absolute Gasteiger partial charge is 0.225 e. The summed E-state index contributed by atoms with van der Waals surface area (Å²) in [5, 5.41) is 3.57. The zero-order valence-electron chi connectivity index (χ0n) is 14.3. The van der Waals surface area contributed by atoms with Crippen LogP contribution in [0.3, 0.4) is 0 Å². The number of anilines is 2. The van der Waals surface area contributed by atoms with Gasteiger partial charge in [0.2, 0.25) is 5.91 Å². The molecule has 1 aliphatic carbocycles. The van der Waals surface area contributed by atoms with Gasteiger partial charge in [-0.15, -0.1) is 0 Å². The Labute approximate surface area is 152 Å². The number of benzene rings is 2. The van der Waals surface area contributed by atoms with Crippen molar-refractivity contribution in [1.29, 1.82) is 0 Å². The van der Waals surface area contributed by atoms with Gasteiger partial charge in [-0.05, 0) is 56.0 Å². The summed E-state index contributed by atoms with van der Waals surface area (Å²) in [6.07, 6.45) is 4.86.